The normalized spacial score (nSPS) is 26.3. The van der Waals surface area contributed by atoms with E-state index in [1.165, 1.54) is 27.7 Å². The van der Waals surface area contributed by atoms with Crippen molar-refractivity contribution in [2.24, 2.45) is 0 Å². The number of rotatable bonds is 11. The lowest BCUT2D eigenvalue weighted by molar-refractivity contribution is -0.0521. The number of nitrogens with one attached hydrogen (secondary N) is 2. The number of ether oxygens (including phenoxy) is 4. The highest BCUT2D eigenvalue weighted by Gasteiger charge is 2.44. The standard InChI is InChI=1S/C27H32N9O11P/c28-19-4-5-35(27(40)32-19)21-7-16(17(9-37)45-21)47-48(41,31-8-13-2-1-3-15-23(13)43-12-42-15)44-10-18-14(38)6-20(46-18)36-11-30-22-24(36)33-26(29)34-25(22)39/h1-5,11,14,16-18,20-21,37-38H,6-10,12H2,(H,31,41)(H2,28,32,40)(H3,29,33,34,39)/t14-,16-,17-,18-,20-,21-,48?/m1/s1. The number of nitrogen functional groups attached to an aromatic ring is 2. The van der Waals surface area contributed by atoms with Gasteiger partial charge < -0.3 is 40.6 Å². The van der Waals surface area contributed by atoms with Gasteiger partial charge in [0.25, 0.3) is 5.56 Å². The van der Waals surface area contributed by atoms with E-state index in [1.807, 2.05) is 0 Å². The predicted molar refractivity (Wildman–Crippen MR) is 163 cm³/mol. The Bertz CT molecular complexity index is 1990. The molecule has 21 heteroatoms. The molecule has 3 aliphatic heterocycles. The minimum Gasteiger partial charge on any atom is -0.454 e. The molecule has 0 spiro atoms. The van der Waals surface area contributed by atoms with Crippen molar-refractivity contribution in [1.29, 1.82) is 0 Å². The van der Waals surface area contributed by atoms with E-state index in [0.717, 1.165) is 0 Å². The molecular weight excluding hydrogens is 657 g/mol. The largest absolute Gasteiger partial charge is 0.454 e. The monoisotopic (exact) mass is 689 g/mol. The van der Waals surface area contributed by atoms with Crippen LogP contribution in [-0.4, -0.2) is 83.7 Å². The van der Waals surface area contributed by atoms with E-state index >= 15 is 0 Å². The van der Waals surface area contributed by atoms with Crippen molar-refractivity contribution in [2.45, 2.75) is 56.3 Å². The van der Waals surface area contributed by atoms with Gasteiger partial charge in [-0.2, -0.15) is 9.97 Å². The fraction of sp³-hybridized carbons (Fsp3) is 0.444. The Hall–Kier alpha value is -4.40. The van der Waals surface area contributed by atoms with Crippen molar-refractivity contribution in [2.75, 3.05) is 31.5 Å². The summed E-state index contributed by atoms with van der Waals surface area (Å²) >= 11 is 0. The molecule has 7 atom stereocenters. The van der Waals surface area contributed by atoms with Gasteiger partial charge in [0.1, 0.15) is 36.6 Å². The zero-order chi connectivity index (χ0) is 33.6. The Morgan fingerprint density at radius 1 is 1.08 bits per heavy atom. The number of benzene rings is 1. The number of aliphatic hydroxyl groups is 2. The number of aromatic nitrogens is 6. The average molecular weight is 690 g/mol. The van der Waals surface area contributed by atoms with Gasteiger partial charge in [0.05, 0.1) is 25.6 Å². The third-order valence-corrected chi connectivity index (χ3v) is 9.69. The summed E-state index contributed by atoms with van der Waals surface area (Å²) in [7, 11) is -4.30. The Morgan fingerprint density at radius 3 is 2.71 bits per heavy atom. The summed E-state index contributed by atoms with van der Waals surface area (Å²) in [6, 6.07) is 6.63. The molecule has 0 amide bonds. The van der Waals surface area contributed by atoms with Crippen LogP contribution in [0, 0.1) is 0 Å². The second-order valence-electron chi connectivity index (χ2n) is 11.2. The van der Waals surface area contributed by atoms with Crippen LogP contribution in [0.1, 0.15) is 30.9 Å². The molecule has 1 aromatic carbocycles. The summed E-state index contributed by atoms with van der Waals surface area (Å²) in [6.45, 7) is -0.955. The van der Waals surface area contributed by atoms with E-state index in [2.05, 4.69) is 25.0 Å². The molecule has 0 saturated carbocycles. The second kappa shape index (κ2) is 12.9. The molecule has 2 fully saturated rings. The maximum absolute atomic E-state index is 14.4. The van der Waals surface area contributed by atoms with Gasteiger partial charge in [-0.15, -0.1) is 0 Å². The van der Waals surface area contributed by atoms with Crippen LogP contribution in [0.4, 0.5) is 11.8 Å². The summed E-state index contributed by atoms with van der Waals surface area (Å²) in [5.74, 6) is 0.884. The van der Waals surface area contributed by atoms with Crippen molar-refractivity contribution >= 4 is 30.7 Å². The quantitative estimate of drug-likeness (QED) is 0.108. The van der Waals surface area contributed by atoms with E-state index in [-0.39, 0.29) is 49.1 Å². The van der Waals surface area contributed by atoms with Crippen LogP contribution in [0.3, 0.4) is 0 Å². The summed E-state index contributed by atoms with van der Waals surface area (Å²) < 4.78 is 51.8. The third-order valence-electron chi connectivity index (χ3n) is 8.11. The van der Waals surface area contributed by atoms with Crippen LogP contribution in [0.25, 0.3) is 11.2 Å². The van der Waals surface area contributed by atoms with Crippen LogP contribution in [0.2, 0.25) is 0 Å². The van der Waals surface area contributed by atoms with Gasteiger partial charge in [-0.1, -0.05) is 12.1 Å². The topological polar surface area (TPSA) is 275 Å². The fourth-order valence-corrected chi connectivity index (χ4v) is 7.27. The van der Waals surface area contributed by atoms with Gasteiger partial charge >= 0.3 is 13.4 Å². The highest BCUT2D eigenvalue weighted by atomic mass is 31.2. The summed E-state index contributed by atoms with van der Waals surface area (Å²) in [4.78, 5) is 39.0. The molecule has 8 N–H and O–H groups in total. The average Bonchev–Trinajstić information content (AvgIpc) is 3.85. The number of anilines is 2. The predicted octanol–water partition coefficient (Wildman–Crippen LogP) is -0.502. The van der Waals surface area contributed by atoms with Crippen molar-refractivity contribution in [3.8, 4) is 11.5 Å². The van der Waals surface area contributed by atoms with Gasteiger partial charge in [0.15, 0.2) is 22.7 Å². The second-order valence-corrected chi connectivity index (χ2v) is 13.0. The highest BCUT2D eigenvalue weighted by molar-refractivity contribution is 7.51. The van der Waals surface area contributed by atoms with E-state index in [0.29, 0.717) is 17.1 Å². The molecule has 7 rings (SSSR count). The molecule has 3 aliphatic rings. The summed E-state index contributed by atoms with van der Waals surface area (Å²) in [6.07, 6.45) is -3.00. The molecule has 6 heterocycles. The van der Waals surface area contributed by atoms with Crippen LogP contribution < -0.4 is 37.3 Å². The highest BCUT2D eigenvalue weighted by Crippen LogP contribution is 2.50. The van der Waals surface area contributed by atoms with Crippen LogP contribution in [0.15, 0.2) is 46.4 Å². The van der Waals surface area contributed by atoms with E-state index in [4.69, 9.17) is 39.5 Å². The van der Waals surface area contributed by atoms with Crippen molar-refractivity contribution in [3.05, 3.63) is 63.2 Å². The lowest BCUT2D eigenvalue weighted by Gasteiger charge is -2.26. The zero-order valence-electron chi connectivity index (χ0n) is 25.1. The molecule has 256 valence electrons. The lowest BCUT2D eigenvalue weighted by atomic mass is 10.2. The first-order valence-corrected chi connectivity index (χ1v) is 16.4. The van der Waals surface area contributed by atoms with Gasteiger partial charge in [-0.3, -0.25) is 28.0 Å². The van der Waals surface area contributed by atoms with Crippen LogP contribution >= 0.6 is 7.75 Å². The Kier molecular flexibility index (Phi) is 8.64. The summed E-state index contributed by atoms with van der Waals surface area (Å²) in [5.41, 5.74) is 10.9. The Morgan fingerprint density at radius 2 is 1.90 bits per heavy atom. The Labute approximate surface area is 270 Å². The number of hydrogen-bond acceptors (Lipinski definition) is 16. The van der Waals surface area contributed by atoms with Gasteiger partial charge in [-0.25, -0.2) is 19.4 Å². The first-order chi connectivity index (χ1) is 23.1. The van der Waals surface area contributed by atoms with Gasteiger partial charge in [0.2, 0.25) is 12.7 Å². The summed E-state index contributed by atoms with van der Waals surface area (Å²) in [5, 5.41) is 23.8. The first kappa shape index (κ1) is 32.2. The number of aliphatic hydroxyl groups excluding tert-OH is 2. The lowest BCUT2D eigenvalue weighted by Crippen LogP contribution is -2.32. The number of hydrogen-bond donors (Lipinski definition) is 6. The van der Waals surface area contributed by atoms with Crippen LogP contribution in [-0.2, 0) is 29.6 Å². The van der Waals surface area contributed by atoms with Crippen molar-refractivity contribution < 1.29 is 42.8 Å². The molecule has 0 aliphatic carbocycles. The number of H-pyrrole nitrogens is 1. The fourth-order valence-electron chi connectivity index (χ4n) is 5.76. The van der Waals surface area contributed by atoms with Crippen molar-refractivity contribution in [1.82, 2.24) is 34.2 Å². The third kappa shape index (κ3) is 6.27. The Balaban J connectivity index is 1.10. The molecule has 0 radical (unpaired) electrons. The number of aromatic amines is 1. The van der Waals surface area contributed by atoms with Gasteiger partial charge in [-0.05, 0) is 12.1 Å². The molecule has 1 unspecified atom stereocenters. The molecule has 3 aromatic heterocycles. The molecule has 4 aromatic rings. The molecule has 0 bridgehead atoms. The molecule has 48 heavy (non-hydrogen) atoms. The van der Waals surface area contributed by atoms with Crippen LogP contribution in [0.5, 0.6) is 11.5 Å². The number of fused-ring (bicyclic) bond motifs is 2. The van der Waals surface area contributed by atoms with Crippen molar-refractivity contribution in [3.63, 3.8) is 0 Å². The number of nitrogens with two attached hydrogens (primary N) is 2. The van der Waals surface area contributed by atoms with E-state index in [9.17, 15) is 24.4 Å². The minimum atomic E-state index is -4.30. The molecule has 20 nitrogen and oxygen atoms in total. The smallest absolute Gasteiger partial charge is 0.406 e. The number of para-hydroxylation sites is 1. The maximum atomic E-state index is 14.4. The van der Waals surface area contributed by atoms with Gasteiger partial charge in [0, 0.05) is 31.1 Å². The molecular formula is C27H32N9O11P. The van der Waals surface area contributed by atoms with E-state index < -0.39 is 69.1 Å². The number of nitrogens with zero attached hydrogens (tertiary/aromatic N) is 5. The minimum absolute atomic E-state index is 0.00294. The molecule has 2 saturated heterocycles. The number of imidazole rings is 1. The van der Waals surface area contributed by atoms with E-state index in [1.54, 1.807) is 18.2 Å². The zero-order valence-corrected chi connectivity index (χ0v) is 26.0. The SMILES string of the molecule is Nc1ccn([C@H]2C[C@@H](OP(=O)(NCc3cccc4c3OCO4)OC[C@H]3O[C@@H](n4cnc5c(=O)[nH]c(N)nc54)C[C@H]3O)[C@@H](CO)O2)c(=O)n1. The first-order valence-electron chi connectivity index (χ1n) is 14.8. The maximum Gasteiger partial charge on any atom is 0.406 e.